The molecule has 9 heteroatoms. The molecule has 0 unspecified atom stereocenters. The largest absolute Gasteiger partial charge is 0.442 e. The molecule has 3 aromatic heterocycles. The van der Waals surface area contributed by atoms with Gasteiger partial charge in [0.05, 0.1) is 41.2 Å². The number of fused-ring (bicyclic) bond motifs is 1. The van der Waals surface area contributed by atoms with Gasteiger partial charge in [-0.05, 0) is 40.5 Å². The van der Waals surface area contributed by atoms with E-state index < -0.39 is 0 Å². The van der Waals surface area contributed by atoms with E-state index >= 15 is 0 Å². The van der Waals surface area contributed by atoms with E-state index in [0.29, 0.717) is 47.1 Å². The molecule has 0 atom stereocenters. The average molecular weight is 398 g/mol. The molecule has 0 bridgehead atoms. The Labute approximate surface area is 168 Å². The molecular formula is C20H26N6O3. The van der Waals surface area contributed by atoms with Crippen LogP contribution >= 0.6 is 0 Å². The van der Waals surface area contributed by atoms with Gasteiger partial charge in [0.1, 0.15) is 17.9 Å². The summed E-state index contributed by atoms with van der Waals surface area (Å²) in [6, 6.07) is 0. The molecule has 0 saturated heterocycles. The lowest BCUT2D eigenvalue weighted by atomic mass is 10.1. The summed E-state index contributed by atoms with van der Waals surface area (Å²) >= 11 is 0. The number of carbonyl (C=O) groups excluding carboxylic acids is 1. The number of carbonyl (C=O) groups is 1. The molecule has 0 spiro atoms. The summed E-state index contributed by atoms with van der Waals surface area (Å²) in [5, 5.41) is 11.6. The number of methoxy groups -OCH3 is 1. The Kier molecular flexibility index (Phi) is 4.77. The van der Waals surface area contributed by atoms with Gasteiger partial charge < -0.3 is 19.8 Å². The summed E-state index contributed by atoms with van der Waals surface area (Å²) < 4.78 is 12.7. The first-order chi connectivity index (χ1) is 13.8. The van der Waals surface area contributed by atoms with Crippen molar-refractivity contribution in [3.05, 3.63) is 29.0 Å². The molecule has 0 radical (unpaired) electrons. The topological polar surface area (TPSA) is 107 Å². The Balaban J connectivity index is 1.69. The predicted octanol–water partition coefficient (Wildman–Crippen LogP) is 3.21. The van der Waals surface area contributed by atoms with Crippen LogP contribution in [0.1, 0.15) is 47.3 Å². The number of aryl methyl sites for hydroxylation is 2. The van der Waals surface area contributed by atoms with E-state index in [0.717, 1.165) is 24.2 Å². The van der Waals surface area contributed by atoms with Crippen molar-refractivity contribution in [3.63, 3.8) is 0 Å². The molecule has 3 heterocycles. The minimum absolute atomic E-state index is 0.00979. The normalized spacial score (nSPS) is 14.9. The molecule has 3 aromatic rings. The minimum Gasteiger partial charge on any atom is -0.442 e. The first-order valence-electron chi connectivity index (χ1n) is 9.69. The van der Waals surface area contributed by atoms with Crippen LogP contribution in [0.4, 0.5) is 11.5 Å². The number of amides is 1. The van der Waals surface area contributed by atoms with Crippen LogP contribution < -0.4 is 10.6 Å². The first kappa shape index (κ1) is 19.4. The zero-order valence-corrected chi connectivity index (χ0v) is 17.4. The maximum absolute atomic E-state index is 13.3. The fourth-order valence-corrected chi connectivity index (χ4v) is 3.46. The molecule has 0 aliphatic heterocycles. The van der Waals surface area contributed by atoms with Crippen LogP contribution in [-0.2, 0) is 11.3 Å². The second-order valence-electron chi connectivity index (χ2n) is 7.84. The number of rotatable bonds is 7. The maximum atomic E-state index is 13.3. The van der Waals surface area contributed by atoms with E-state index in [2.05, 4.69) is 32.6 Å². The Hall–Kier alpha value is -2.94. The van der Waals surface area contributed by atoms with Crippen LogP contribution in [-0.4, -0.2) is 44.9 Å². The zero-order chi connectivity index (χ0) is 20.8. The summed E-state index contributed by atoms with van der Waals surface area (Å²) in [5.74, 6) is 0.864. The van der Waals surface area contributed by atoms with E-state index in [1.807, 2.05) is 18.5 Å². The molecule has 154 valence electrons. The van der Waals surface area contributed by atoms with Gasteiger partial charge in [-0.1, -0.05) is 0 Å². The number of aromatic nitrogens is 4. The molecule has 1 aliphatic carbocycles. The fraction of sp³-hybridized carbons (Fsp3) is 0.500. The number of nitrogens with zero attached hydrogens (tertiary/aromatic N) is 4. The van der Waals surface area contributed by atoms with Gasteiger partial charge in [0.2, 0.25) is 5.71 Å². The average Bonchev–Trinajstić information content (AvgIpc) is 3.20. The van der Waals surface area contributed by atoms with Gasteiger partial charge in [0.25, 0.3) is 5.91 Å². The highest BCUT2D eigenvalue weighted by Gasteiger charge is 2.38. The van der Waals surface area contributed by atoms with Gasteiger partial charge in [-0.15, -0.1) is 0 Å². The standard InChI is InChI=1S/C20H26N6O3/c1-11-16(12(2)26(25-11)8-9-28-5)23-18(27)14-13(3)29-19-15(14)17(21-10-22-19)24-20(4)6-7-20/h10H,6-9H2,1-5H3,(H,23,27)(H,21,22,24). The van der Waals surface area contributed by atoms with Gasteiger partial charge in [0.15, 0.2) is 0 Å². The van der Waals surface area contributed by atoms with E-state index in [1.54, 1.807) is 14.0 Å². The lowest BCUT2D eigenvalue weighted by molar-refractivity contribution is 0.102. The van der Waals surface area contributed by atoms with Crippen LogP contribution in [0.2, 0.25) is 0 Å². The molecule has 4 rings (SSSR count). The van der Waals surface area contributed by atoms with Crippen LogP contribution in [0.3, 0.4) is 0 Å². The van der Waals surface area contributed by atoms with E-state index in [9.17, 15) is 4.79 Å². The number of nitrogens with one attached hydrogen (secondary N) is 2. The number of furan rings is 1. The van der Waals surface area contributed by atoms with Crippen LogP contribution in [0.25, 0.3) is 11.1 Å². The fourth-order valence-electron chi connectivity index (χ4n) is 3.46. The smallest absolute Gasteiger partial charge is 0.260 e. The number of hydrogen-bond acceptors (Lipinski definition) is 7. The third-order valence-electron chi connectivity index (χ3n) is 5.44. The van der Waals surface area contributed by atoms with Crippen molar-refractivity contribution in [2.75, 3.05) is 24.4 Å². The quantitative estimate of drug-likeness (QED) is 0.629. The number of hydrogen-bond donors (Lipinski definition) is 2. The maximum Gasteiger partial charge on any atom is 0.260 e. The highest BCUT2D eigenvalue weighted by molar-refractivity contribution is 6.15. The van der Waals surface area contributed by atoms with E-state index in [-0.39, 0.29) is 11.4 Å². The predicted molar refractivity (Wildman–Crippen MR) is 109 cm³/mol. The van der Waals surface area contributed by atoms with Gasteiger partial charge in [-0.3, -0.25) is 9.48 Å². The highest BCUT2D eigenvalue weighted by Crippen LogP contribution is 2.40. The molecule has 29 heavy (non-hydrogen) atoms. The van der Waals surface area contributed by atoms with Crippen molar-refractivity contribution in [3.8, 4) is 0 Å². The third-order valence-corrected chi connectivity index (χ3v) is 5.44. The Morgan fingerprint density at radius 2 is 2.07 bits per heavy atom. The second kappa shape index (κ2) is 7.14. The van der Waals surface area contributed by atoms with Crippen molar-refractivity contribution in [2.24, 2.45) is 0 Å². The number of ether oxygens (including phenoxy) is 1. The summed E-state index contributed by atoms with van der Waals surface area (Å²) in [5.41, 5.74) is 3.17. The Morgan fingerprint density at radius 3 is 2.76 bits per heavy atom. The molecule has 1 amide bonds. The summed E-state index contributed by atoms with van der Waals surface area (Å²) in [4.78, 5) is 21.8. The molecule has 1 aliphatic rings. The van der Waals surface area contributed by atoms with Gasteiger partial charge in [-0.25, -0.2) is 9.97 Å². The molecule has 2 N–H and O–H groups in total. The number of anilines is 2. The Bertz CT molecular complexity index is 1080. The van der Waals surface area contributed by atoms with Gasteiger partial charge >= 0.3 is 0 Å². The molecular weight excluding hydrogens is 372 g/mol. The van der Waals surface area contributed by atoms with Crippen LogP contribution in [0.5, 0.6) is 0 Å². The molecule has 9 nitrogen and oxygen atoms in total. The molecule has 1 saturated carbocycles. The molecule has 0 aromatic carbocycles. The SMILES string of the molecule is COCCn1nc(C)c(NC(=O)c2c(C)oc3ncnc(NC4(C)CC4)c23)c1C. The minimum atomic E-state index is -0.266. The van der Waals surface area contributed by atoms with E-state index in [4.69, 9.17) is 9.15 Å². The van der Waals surface area contributed by atoms with Crippen LogP contribution in [0, 0.1) is 20.8 Å². The second-order valence-corrected chi connectivity index (χ2v) is 7.84. The van der Waals surface area contributed by atoms with Crippen molar-refractivity contribution < 1.29 is 13.9 Å². The summed E-state index contributed by atoms with van der Waals surface area (Å²) in [6.07, 6.45) is 3.58. The van der Waals surface area contributed by atoms with Crippen LogP contribution in [0.15, 0.2) is 10.7 Å². The van der Waals surface area contributed by atoms with Crippen molar-refractivity contribution in [2.45, 2.75) is 52.6 Å². The lowest BCUT2D eigenvalue weighted by Crippen LogP contribution is -2.19. The first-order valence-corrected chi connectivity index (χ1v) is 9.69. The zero-order valence-electron chi connectivity index (χ0n) is 17.4. The monoisotopic (exact) mass is 398 g/mol. The Morgan fingerprint density at radius 1 is 1.31 bits per heavy atom. The highest BCUT2D eigenvalue weighted by atomic mass is 16.5. The summed E-state index contributed by atoms with van der Waals surface area (Å²) in [7, 11) is 1.65. The van der Waals surface area contributed by atoms with Gasteiger partial charge in [-0.2, -0.15) is 5.10 Å². The van der Waals surface area contributed by atoms with Crippen molar-refractivity contribution in [1.29, 1.82) is 0 Å². The van der Waals surface area contributed by atoms with Gasteiger partial charge in [0, 0.05) is 12.6 Å². The van der Waals surface area contributed by atoms with Crippen molar-refractivity contribution >= 4 is 28.5 Å². The molecule has 1 fully saturated rings. The van der Waals surface area contributed by atoms with E-state index in [1.165, 1.54) is 6.33 Å². The lowest BCUT2D eigenvalue weighted by Gasteiger charge is -2.13. The van der Waals surface area contributed by atoms with Crippen molar-refractivity contribution in [1.82, 2.24) is 19.7 Å². The summed E-state index contributed by atoms with van der Waals surface area (Å²) in [6.45, 7) is 8.86. The third kappa shape index (κ3) is 3.57.